The average molecular weight is 249 g/mol. The second-order valence-electron chi connectivity index (χ2n) is 4.20. The normalized spacial score (nSPS) is 11.9. The number of nitrogens with two attached hydrogens (primary N) is 1. The minimum atomic E-state index is -0.0536. The van der Waals surface area contributed by atoms with Gasteiger partial charge in [0.05, 0.1) is 17.3 Å². The van der Waals surface area contributed by atoms with Crippen LogP contribution in [0.25, 0.3) is 10.9 Å². The monoisotopic (exact) mass is 248 g/mol. The van der Waals surface area contributed by atoms with Gasteiger partial charge in [-0.3, -0.25) is 4.98 Å². The fourth-order valence-electron chi connectivity index (χ4n) is 1.77. The standard InChI is InChI=1S/C14H16N2.ClH/c1-10(2)9-12(15)14-8-7-11-5-3-4-6-13(11)16-14;/h3-8,12H,1,9,15H2,2H3;1H/t12-;/m1./s1. The van der Waals surface area contributed by atoms with E-state index in [0.29, 0.717) is 0 Å². The molecule has 1 aromatic heterocycles. The highest BCUT2D eigenvalue weighted by molar-refractivity contribution is 5.85. The minimum absolute atomic E-state index is 0. The first kappa shape index (κ1) is 13.7. The van der Waals surface area contributed by atoms with E-state index in [9.17, 15) is 0 Å². The molecule has 0 amide bonds. The first-order valence-electron chi connectivity index (χ1n) is 5.42. The first-order valence-corrected chi connectivity index (χ1v) is 5.42. The van der Waals surface area contributed by atoms with Gasteiger partial charge in [0.25, 0.3) is 0 Å². The summed E-state index contributed by atoms with van der Waals surface area (Å²) in [5, 5.41) is 1.15. The second-order valence-corrected chi connectivity index (χ2v) is 4.20. The molecule has 0 aliphatic rings. The van der Waals surface area contributed by atoms with Gasteiger partial charge in [0.2, 0.25) is 0 Å². The molecule has 90 valence electrons. The summed E-state index contributed by atoms with van der Waals surface area (Å²) in [6.07, 6.45) is 0.783. The molecule has 1 heterocycles. The van der Waals surface area contributed by atoms with Gasteiger partial charge in [0.15, 0.2) is 0 Å². The SMILES string of the molecule is C=C(C)C[C@@H](N)c1ccc2ccccc2n1.Cl. The fourth-order valence-corrected chi connectivity index (χ4v) is 1.77. The van der Waals surface area contributed by atoms with E-state index >= 15 is 0 Å². The van der Waals surface area contributed by atoms with E-state index in [-0.39, 0.29) is 18.4 Å². The van der Waals surface area contributed by atoms with Crippen molar-refractivity contribution in [3.8, 4) is 0 Å². The molecule has 17 heavy (non-hydrogen) atoms. The van der Waals surface area contributed by atoms with E-state index in [1.807, 2.05) is 31.2 Å². The molecule has 0 aliphatic carbocycles. The lowest BCUT2D eigenvalue weighted by molar-refractivity contribution is 0.696. The molecular formula is C14H17ClN2. The van der Waals surface area contributed by atoms with E-state index in [1.165, 1.54) is 0 Å². The topological polar surface area (TPSA) is 38.9 Å². The molecule has 3 heteroatoms. The van der Waals surface area contributed by atoms with Gasteiger partial charge in [0.1, 0.15) is 0 Å². The van der Waals surface area contributed by atoms with Crippen LogP contribution in [0.1, 0.15) is 25.1 Å². The zero-order valence-electron chi connectivity index (χ0n) is 9.89. The number of aromatic nitrogens is 1. The van der Waals surface area contributed by atoms with Crippen molar-refractivity contribution >= 4 is 23.3 Å². The summed E-state index contributed by atoms with van der Waals surface area (Å²) in [6.45, 7) is 5.86. The van der Waals surface area contributed by atoms with Crippen molar-refractivity contribution in [1.82, 2.24) is 4.98 Å². The molecule has 2 rings (SSSR count). The van der Waals surface area contributed by atoms with Gasteiger partial charge in [-0.2, -0.15) is 0 Å². The number of benzene rings is 1. The third kappa shape index (κ3) is 3.29. The van der Waals surface area contributed by atoms with Gasteiger partial charge in [-0.1, -0.05) is 29.8 Å². The number of halogens is 1. The molecule has 0 bridgehead atoms. The maximum absolute atomic E-state index is 6.06. The highest BCUT2D eigenvalue weighted by atomic mass is 35.5. The lowest BCUT2D eigenvalue weighted by Gasteiger charge is -2.11. The van der Waals surface area contributed by atoms with Crippen molar-refractivity contribution in [3.63, 3.8) is 0 Å². The number of nitrogens with zero attached hydrogens (tertiary/aromatic N) is 1. The summed E-state index contributed by atoms with van der Waals surface area (Å²) >= 11 is 0. The summed E-state index contributed by atoms with van der Waals surface area (Å²) in [4.78, 5) is 4.56. The Morgan fingerprint density at radius 1 is 1.29 bits per heavy atom. The Kier molecular flexibility index (Phi) is 4.67. The lowest BCUT2D eigenvalue weighted by atomic mass is 10.1. The van der Waals surface area contributed by atoms with Crippen LogP contribution in [0.15, 0.2) is 48.6 Å². The minimum Gasteiger partial charge on any atom is -0.322 e. The van der Waals surface area contributed by atoms with Crippen molar-refractivity contribution in [2.45, 2.75) is 19.4 Å². The highest BCUT2D eigenvalue weighted by Crippen LogP contribution is 2.19. The van der Waals surface area contributed by atoms with E-state index in [1.54, 1.807) is 0 Å². The Bertz CT molecular complexity index is 522. The lowest BCUT2D eigenvalue weighted by Crippen LogP contribution is -2.12. The van der Waals surface area contributed by atoms with Crippen molar-refractivity contribution < 1.29 is 0 Å². The predicted octanol–water partition coefficient (Wildman–Crippen LogP) is 3.62. The van der Waals surface area contributed by atoms with E-state index in [0.717, 1.165) is 28.6 Å². The first-order chi connectivity index (χ1) is 7.66. The van der Waals surface area contributed by atoms with Gasteiger partial charge >= 0.3 is 0 Å². The van der Waals surface area contributed by atoms with Gasteiger partial charge in [-0.25, -0.2) is 0 Å². The molecule has 2 N–H and O–H groups in total. The van der Waals surface area contributed by atoms with E-state index in [4.69, 9.17) is 5.73 Å². The number of pyridine rings is 1. The number of para-hydroxylation sites is 1. The highest BCUT2D eigenvalue weighted by Gasteiger charge is 2.07. The summed E-state index contributed by atoms with van der Waals surface area (Å²) in [6, 6.07) is 12.1. The van der Waals surface area contributed by atoms with E-state index < -0.39 is 0 Å². The third-order valence-corrected chi connectivity index (χ3v) is 2.57. The zero-order valence-corrected chi connectivity index (χ0v) is 10.7. The maximum Gasteiger partial charge on any atom is 0.0706 e. The molecular weight excluding hydrogens is 232 g/mol. The van der Waals surface area contributed by atoms with Crippen molar-refractivity contribution in [2.24, 2.45) is 5.73 Å². The summed E-state index contributed by atoms with van der Waals surface area (Å²) < 4.78 is 0. The molecule has 0 fully saturated rings. The molecule has 0 saturated carbocycles. The van der Waals surface area contributed by atoms with Crippen LogP contribution in [0.5, 0.6) is 0 Å². The molecule has 1 atom stereocenters. The van der Waals surface area contributed by atoms with Crippen molar-refractivity contribution in [2.75, 3.05) is 0 Å². The Morgan fingerprint density at radius 2 is 2.00 bits per heavy atom. The molecule has 0 saturated heterocycles. The van der Waals surface area contributed by atoms with Crippen LogP contribution < -0.4 is 5.73 Å². The smallest absolute Gasteiger partial charge is 0.0706 e. The molecule has 0 unspecified atom stereocenters. The zero-order chi connectivity index (χ0) is 11.5. The molecule has 0 spiro atoms. The van der Waals surface area contributed by atoms with Gasteiger partial charge < -0.3 is 5.73 Å². The summed E-state index contributed by atoms with van der Waals surface area (Å²) in [7, 11) is 0. The third-order valence-electron chi connectivity index (χ3n) is 2.57. The Hall–Kier alpha value is -1.38. The maximum atomic E-state index is 6.06. The number of hydrogen-bond acceptors (Lipinski definition) is 2. The quantitative estimate of drug-likeness (QED) is 0.843. The molecule has 0 radical (unpaired) electrons. The second kappa shape index (κ2) is 5.80. The molecule has 1 aromatic carbocycles. The number of fused-ring (bicyclic) bond motifs is 1. The van der Waals surface area contributed by atoms with Gasteiger partial charge in [-0.05, 0) is 25.5 Å². The van der Waals surface area contributed by atoms with Crippen LogP contribution in [-0.4, -0.2) is 4.98 Å². The average Bonchev–Trinajstić information content (AvgIpc) is 2.27. The van der Waals surface area contributed by atoms with Gasteiger partial charge in [-0.15, -0.1) is 19.0 Å². The molecule has 2 nitrogen and oxygen atoms in total. The Balaban J connectivity index is 0.00000144. The largest absolute Gasteiger partial charge is 0.322 e. The Morgan fingerprint density at radius 3 is 2.71 bits per heavy atom. The van der Waals surface area contributed by atoms with Crippen LogP contribution in [-0.2, 0) is 0 Å². The van der Waals surface area contributed by atoms with E-state index in [2.05, 4.69) is 23.7 Å². The van der Waals surface area contributed by atoms with Gasteiger partial charge in [0, 0.05) is 5.39 Å². The predicted molar refractivity (Wildman–Crippen MR) is 75.4 cm³/mol. The van der Waals surface area contributed by atoms with Crippen LogP contribution in [0.4, 0.5) is 0 Å². The van der Waals surface area contributed by atoms with Crippen LogP contribution in [0.3, 0.4) is 0 Å². The van der Waals surface area contributed by atoms with Crippen molar-refractivity contribution in [3.05, 3.63) is 54.2 Å². The van der Waals surface area contributed by atoms with Crippen LogP contribution >= 0.6 is 12.4 Å². The molecule has 2 aromatic rings. The fraction of sp³-hybridized carbons (Fsp3) is 0.214. The van der Waals surface area contributed by atoms with Crippen LogP contribution in [0.2, 0.25) is 0 Å². The Labute approximate surface area is 108 Å². The number of rotatable bonds is 3. The van der Waals surface area contributed by atoms with Crippen molar-refractivity contribution in [1.29, 1.82) is 0 Å². The summed E-state index contributed by atoms with van der Waals surface area (Å²) in [5.74, 6) is 0. The van der Waals surface area contributed by atoms with Crippen LogP contribution in [0, 0.1) is 0 Å². The number of hydrogen-bond donors (Lipinski definition) is 1. The molecule has 0 aliphatic heterocycles. The summed E-state index contributed by atoms with van der Waals surface area (Å²) in [5.41, 5.74) is 9.08.